The Balaban J connectivity index is 1.68. The van der Waals surface area contributed by atoms with Gasteiger partial charge in [-0.1, -0.05) is 20.8 Å². The van der Waals surface area contributed by atoms with Gasteiger partial charge in [-0.05, 0) is 37.8 Å². The van der Waals surface area contributed by atoms with Crippen molar-refractivity contribution < 1.29 is 0 Å². The molecule has 3 heterocycles. The number of nitrogens with one attached hydrogen (secondary N) is 1. The summed E-state index contributed by atoms with van der Waals surface area (Å²) in [5.74, 6) is 2.36. The summed E-state index contributed by atoms with van der Waals surface area (Å²) in [4.78, 5) is 5.82. The largest absolute Gasteiger partial charge is 0.359 e. The maximum Gasteiger partial charge on any atom is 0.178 e. The lowest BCUT2D eigenvalue weighted by atomic mass is 9.96. The van der Waals surface area contributed by atoms with Gasteiger partial charge >= 0.3 is 0 Å². The third-order valence-corrected chi connectivity index (χ3v) is 5.23. The van der Waals surface area contributed by atoms with Gasteiger partial charge in [0, 0.05) is 16.5 Å². The van der Waals surface area contributed by atoms with Crippen LogP contribution in [0.1, 0.15) is 55.4 Å². The fourth-order valence-corrected chi connectivity index (χ4v) is 3.74. The van der Waals surface area contributed by atoms with E-state index in [0.29, 0.717) is 5.92 Å². The normalized spacial score (nSPS) is 16.5. The Labute approximate surface area is 145 Å². The average molecular weight is 342 g/mol. The first kappa shape index (κ1) is 15.5. The van der Waals surface area contributed by atoms with E-state index < -0.39 is 0 Å². The van der Waals surface area contributed by atoms with E-state index in [4.69, 9.17) is 5.10 Å². The summed E-state index contributed by atoms with van der Waals surface area (Å²) < 4.78 is 1.85. The van der Waals surface area contributed by atoms with Crippen LogP contribution in [0.2, 0.25) is 0 Å². The van der Waals surface area contributed by atoms with Crippen molar-refractivity contribution in [2.45, 2.75) is 52.0 Å². The second-order valence-corrected chi connectivity index (χ2v) is 8.80. The Morgan fingerprint density at radius 2 is 2.04 bits per heavy atom. The number of hydrogen-bond donors (Lipinski definition) is 1. The van der Waals surface area contributed by atoms with E-state index in [9.17, 15) is 0 Å². The highest BCUT2D eigenvalue weighted by Crippen LogP contribution is 2.43. The zero-order chi connectivity index (χ0) is 16.9. The average Bonchev–Trinajstić information content (AvgIpc) is 3.11. The lowest BCUT2D eigenvalue weighted by Gasteiger charge is -2.18. The second-order valence-electron chi connectivity index (χ2n) is 7.53. The van der Waals surface area contributed by atoms with Gasteiger partial charge in [0.25, 0.3) is 0 Å². The molecule has 0 amide bonds. The minimum Gasteiger partial charge on any atom is -0.359 e. The fraction of sp³-hybridized carbons (Fsp3) is 0.529. The third kappa shape index (κ3) is 2.88. The molecule has 0 saturated heterocycles. The van der Waals surface area contributed by atoms with E-state index in [-0.39, 0.29) is 11.5 Å². The van der Waals surface area contributed by atoms with Gasteiger partial charge in [0.2, 0.25) is 0 Å². The summed E-state index contributed by atoms with van der Waals surface area (Å²) >= 11 is 1.76. The molecule has 24 heavy (non-hydrogen) atoms. The van der Waals surface area contributed by atoms with E-state index in [1.54, 1.807) is 11.3 Å². The maximum atomic E-state index is 4.74. The monoisotopic (exact) mass is 342 g/mol. The number of hydrogen-bond acceptors (Lipinski definition) is 6. The highest BCUT2D eigenvalue weighted by atomic mass is 32.1. The number of nitrogens with zero attached hydrogens (tertiary/aromatic N) is 5. The van der Waals surface area contributed by atoms with Crippen LogP contribution in [0.5, 0.6) is 0 Å². The Hall–Kier alpha value is -2.02. The van der Waals surface area contributed by atoms with E-state index in [1.807, 2.05) is 22.8 Å². The Morgan fingerprint density at radius 3 is 2.67 bits per heavy atom. The molecular weight excluding hydrogens is 320 g/mol. The predicted molar refractivity (Wildman–Crippen MR) is 95.4 cm³/mol. The van der Waals surface area contributed by atoms with Crippen LogP contribution < -0.4 is 5.32 Å². The molecular formula is C17H22N6S. The number of fused-ring (bicyclic) bond motifs is 1. The van der Waals surface area contributed by atoms with Crippen molar-refractivity contribution in [1.29, 1.82) is 0 Å². The number of aryl methyl sites for hydroxylation is 1. The molecule has 3 aromatic rings. The van der Waals surface area contributed by atoms with E-state index in [0.717, 1.165) is 22.3 Å². The molecule has 6 nitrogen and oxygen atoms in total. The van der Waals surface area contributed by atoms with Crippen LogP contribution in [0.3, 0.4) is 0 Å². The first-order valence-electron chi connectivity index (χ1n) is 8.33. The first-order valence-corrected chi connectivity index (χ1v) is 9.15. The van der Waals surface area contributed by atoms with Crippen LogP contribution in [0.4, 0.5) is 5.82 Å². The molecule has 0 aliphatic heterocycles. The molecule has 1 N–H and O–H groups in total. The van der Waals surface area contributed by atoms with Gasteiger partial charge in [0.05, 0.1) is 6.04 Å². The van der Waals surface area contributed by atoms with Crippen LogP contribution >= 0.6 is 11.3 Å². The molecule has 1 aliphatic carbocycles. The minimum absolute atomic E-state index is 0.104. The van der Waals surface area contributed by atoms with E-state index >= 15 is 0 Å². The number of anilines is 1. The van der Waals surface area contributed by atoms with Crippen molar-refractivity contribution in [3.8, 4) is 0 Å². The Bertz CT molecular complexity index is 871. The fourth-order valence-electron chi connectivity index (χ4n) is 2.82. The Kier molecular flexibility index (Phi) is 3.56. The van der Waals surface area contributed by atoms with Crippen LogP contribution in [-0.4, -0.2) is 24.8 Å². The molecule has 1 aliphatic rings. The number of thiazole rings is 1. The van der Waals surface area contributed by atoms with Crippen molar-refractivity contribution >= 4 is 22.8 Å². The van der Waals surface area contributed by atoms with Gasteiger partial charge in [-0.15, -0.1) is 26.6 Å². The topological polar surface area (TPSA) is 68.0 Å². The lowest BCUT2D eigenvalue weighted by molar-refractivity contribution is 0.526. The molecule has 0 spiro atoms. The highest BCUT2D eigenvalue weighted by Gasteiger charge is 2.34. The molecule has 1 saturated carbocycles. The quantitative estimate of drug-likeness (QED) is 0.782. The molecule has 126 valence electrons. The van der Waals surface area contributed by atoms with Crippen LogP contribution in [0, 0.1) is 12.8 Å². The van der Waals surface area contributed by atoms with Gasteiger partial charge < -0.3 is 5.32 Å². The molecule has 1 atom stereocenters. The van der Waals surface area contributed by atoms with Crippen molar-refractivity contribution in [3.63, 3.8) is 0 Å². The van der Waals surface area contributed by atoms with Crippen LogP contribution in [0.25, 0.3) is 5.65 Å². The zero-order valence-electron chi connectivity index (χ0n) is 14.4. The van der Waals surface area contributed by atoms with Gasteiger partial charge in [-0.3, -0.25) is 0 Å². The number of rotatable bonds is 4. The smallest absolute Gasteiger partial charge is 0.178 e. The third-order valence-electron chi connectivity index (χ3n) is 4.24. The minimum atomic E-state index is -0.104. The SMILES string of the molecule is Cc1cnc(C(Nc2ccc3nnc(C(C)(C)C)n3n2)C2CC2)s1. The van der Waals surface area contributed by atoms with Crippen molar-refractivity contribution in [3.05, 3.63) is 34.0 Å². The highest BCUT2D eigenvalue weighted by molar-refractivity contribution is 7.11. The predicted octanol–water partition coefficient (Wildman–Crippen LogP) is 3.75. The van der Waals surface area contributed by atoms with Crippen molar-refractivity contribution in [1.82, 2.24) is 24.8 Å². The summed E-state index contributed by atoms with van der Waals surface area (Å²) in [6.07, 6.45) is 4.45. The summed E-state index contributed by atoms with van der Waals surface area (Å²) in [5.41, 5.74) is 0.673. The van der Waals surface area contributed by atoms with Crippen LogP contribution in [0.15, 0.2) is 18.3 Å². The summed E-state index contributed by atoms with van der Waals surface area (Å²) in [7, 11) is 0. The van der Waals surface area contributed by atoms with E-state index in [2.05, 4.69) is 48.2 Å². The van der Waals surface area contributed by atoms with Crippen molar-refractivity contribution in [2.24, 2.45) is 5.92 Å². The van der Waals surface area contributed by atoms with Gasteiger partial charge in [0.15, 0.2) is 11.5 Å². The van der Waals surface area contributed by atoms with Gasteiger partial charge in [-0.2, -0.15) is 4.52 Å². The summed E-state index contributed by atoms with van der Waals surface area (Å²) in [5, 5.41) is 18.0. The lowest BCUT2D eigenvalue weighted by Crippen LogP contribution is -2.19. The molecule has 0 radical (unpaired) electrons. The standard InChI is InChI=1S/C17H22N6S/c1-10-9-18-15(24-10)14(11-5-6-11)19-12-7-8-13-20-21-16(17(2,3)4)23(13)22-12/h7-9,11,14H,5-6H2,1-4H3,(H,19,22). The molecule has 3 aromatic heterocycles. The first-order chi connectivity index (χ1) is 11.4. The Morgan fingerprint density at radius 1 is 1.25 bits per heavy atom. The second kappa shape index (κ2) is 5.51. The number of aromatic nitrogens is 5. The van der Waals surface area contributed by atoms with E-state index in [1.165, 1.54) is 17.7 Å². The van der Waals surface area contributed by atoms with Crippen molar-refractivity contribution in [2.75, 3.05) is 5.32 Å². The van der Waals surface area contributed by atoms with Gasteiger partial charge in [0.1, 0.15) is 10.8 Å². The molecule has 7 heteroatoms. The molecule has 0 bridgehead atoms. The summed E-state index contributed by atoms with van der Waals surface area (Å²) in [6, 6.07) is 4.18. The summed E-state index contributed by atoms with van der Waals surface area (Å²) in [6.45, 7) is 8.46. The maximum absolute atomic E-state index is 4.74. The molecule has 4 rings (SSSR count). The molecule has 0 aromatic carbocycles. The zero-order valence-corrected chi connectivity index (χ0v) is 15.3. The van der Waals surface area contributed by atoms with Crippen LogP contribution in [-0.2, 0) is 5.41 Å². The van der Waals surface area contributed by atoms with Gasteiger partial charge in [-0.25, -0.2) is 4.98 Å². The molecule has 1 fully saturated rings. The molecule has 1 unspecified atom stereocenters.